The fraction of sp³-hybridized carbons (Fsp3) is 0.381. The molecule has 1 aliphatic rings. The Morgan fingerprint density at radius 2 is 1.70 bits per heavy atom. The molecular weight excluding hydrogens is 340 g/mol. The molecule has 0 aliphatic carbocycles. The lowest BCUT2D eigenvalue weighted by atomic mass is 10.0. The van der Waals surface area contributed by atoms with Crippen LogP contribution in [-0.4, -0.2) is 29.9 Å². The predicted molar refractivity (Wildman–Crippen MR) is 104 cm³/mol. The third kappa shape index (κ3) is 5.37. The molecule has 1 atom stereocenters. The Morgan fingerprint density at radius 3 is 2.48 bits per heavy atom. The monoisotopic (exact) mass is 366 g/mol. The normalized spacial score (nSPS) is 15.2. The molecule has 1 aromatic heterocycles. The van der Waals surface area contributed by atoms with Gasteiger partial charge < -0.3 is 10.6 Å². The van der Waals surface area contributed by atoms with Gasteiger partial charge in [0.05, 0.1) is 0 Å². The summed E-state index contributed by atoms with van der Waals surface area (Å²) < 4.78 is 0. The molecule has 1 aromatic carbocycles. The highest BCUT2D eigenvalue weighted by Crippen LogP contribution is 2.24. The summed E-state index contributed by atoms with van der Waals surface area (Å²) in [6.07, 6.45) is 5.51. The van der Waals surface area contributed by atoms with E-state index >= 15 is 0 Å². The molecule has 0 saturated carbocycles. The molecule has 27 heavy (non-hydrogen) atoms. The lowest BCUT2D eigenvalue weighted by Gasteiger charge is -2.12. The van der Waals surface area contributed by atoms with Crippen molar-refractivity contribution in [1.29, 1.82) is 0 Å². The Hall–Kier alpha value is -2.73. The number of aromatic nitrogens is 1. The van der Waals surface area contributed by atoms with Gasteiger partial charge in [0, 0.05) is 25.8 Å². The first kappa shape index (κ1) is 19.0. The van der Waals surface area contributed by atoms with Gasteiger partial charge in [-0.1, -0.05) is 43.2 Å². The van der Waals surface area contributed by atoms with Crippen molar-refractivity contribution in [2.24, 2.45) is 0 Å². The number of nitrogens with zero attached hydrogens (tertiary/aromatic N) is 1. The van der Waals surface area contributed by atoms with E-state index in [1.54, 1.807) is 24.4 Å². The average molecular weight is 366 g/mol. The molecule has 0 saturated heterocycles. The number of rotatable bonds is 9. The molecule has 0 bridgehead atoms. The van der Waals surface area contributed by atoms with Crippen molar-refractivity contribution < 1.29 is 9.59 Å². The molecule has 3 rings (SSSR count). The maximum atomic E-state index is 12.3. The van der Waals surface area contributed by atoms with Crippen LogP contribution in [-0.2, 0) is 11.3 Å². The molecule has 142 valence electrons. The van der Waals surface area contributed by atoms with E-state index < -0.39 is 0 Å². The first-order valence-electron chi connectivity index (χ1n) is 9.54. The molecule has 2 aromatic rings. The van der Waals surface area contributed by atoms with Crippen LogP contribution in [0.25, 0.3) is 0 Å². The maximum absolute atomic E-state index is 12.3. The summed E-state index contributed by atoms with van der Waals surface area (Å²) in [7, 11) is 0. The van der Waals surface area contributed by atoms with E-state index in [9.17, 15) is 9.59 Å². The van der Waals surface area contributed by atoms with Crippen LogP contribution in [0.4, 0.5) is 0 Å². The second kappa shape index (κ2) is 9.83. The summed E-state index contributed by atoms with van der Waals surface area (Å²) in [5.41, 5.74) is 2.73. The van der Waals surface area contributed by atoms with E-state index in [1.165, 1.54) is 5.56 Å². The van der Waals surface area contributed by atoms with Crippen molar-refractivity contribution in [3.63, 3.8) is 0 Å². The molecule has 0 spiro atoms. The second-order valence-corrected chi connectivity index (χ2v) is 6.69. The van der Waals surface area contributed by atoms with Gasteiger partial charge >= 0.3 is 0 Å². The number of amides is 2. The maximum Gasteiger partial charge on any atom is 0.269 e. The first-order chi connectivity index (χ1) is 13.3. The summed E-state index contributed by atoms with van der Waals surface area (Å²) in [6.45, 7) is 2.07. The van der Waals surface area contributed by atoms with Crippen LogP contribution in [0.3, 0.4) is 0 Å². The molecular formula is C21H26N4O2. The van der Waals surface area contributed by atoms with E-state index in [2.05, 4.69) is 27.0 Å². The standard InChI is InChI=1S/C21H26N4O2/c26-20(18-11-5-8-12-22-18)23-13-6-1-2-7-14-24-21(27)19-17-10-4-3-9-16(17)15-25-19/h3-5,8-12,19,25H,1-2,6-7,13-15H2,(H,23,26)(H,24,27). The number of fused-ring (bicyclic) bond motifs is 1. The molecule has 3 N–H and O–H groups in total. The number of carbonyl (C=O) groups is 2. The third-order valence-corrected chi connectivity index (χ3v) is 4.71. The summed E-state index contributed by atoms with van der Waals surface area (Å²) in [5.74, 6) is -0.0882. The van der Waals surface area contributed by atoms with E-state index in [0.29, 0.717) is 18.8 Å². The minimum Gasteiger partial charge on any atom is -0.354 e. The smallest absolute Gasteiger partial charge is 0.269 e. The van der Waals surface area contributed by atoms with Gasteiger partial charge in [0.15, 0.2) is 0 Å². The number of nitrogens with one attached hydrogen (secondary N) is 3. The minimum atomic E-state index is -0.233. The largest absolute Gasteiger partial charge is 0.354 e. The van der Waals surface area contributed by atoms with Crippen LogP contribution >= 0.6 is 0 Å². The van der Waals surface area contributed by atoms with Crippen LogP contribution in [0, 0.1) is 0 Å². The van der Waals surface area contributed by atoms with Gasteiger partial charge in [0.1, 0.15) is 11.7 Å². The van der Waals surface area contributed by atoms with Crippen molar-refractivity contribution in [3.05, 3.63) is 65.5 Å². The van der Waals surface area contributed by atoms with Gasteiger partial charge in [-0.05, 0) is 36.1 Å². The zero-order valence-corrected chi connectivity index (χ0v) is 15.4. The van der Waals surface area contributed by atoms with Gasteiger partial charge in [-0.15, -0.1) is 0 Å². The molecule has 0 radical (unpaired) electrons. The van der Waals surface area contributed by atoms with Crippen molar-refractivity contribution in [1.82, 2.24) is 20.9 Å². The number of carbonyl (C=O) groups excluding carboxylic acids is 2. The molecule has 6 nitrogen and oxygen atoms in total. The van der Waals surface area contributed by atoms with E-state index in [1.807, 2.05) is 18.2 Å². The average Bonchev–Trinajstić information content (AvgIpc) is 3.14. The van der Waals surface area contributed by atoms with Gasteiger partial charge in [-0.25, -0.2) is 0 Å². The SMILES string of the molecule is O=C(NCCCCCCNC(=O)C1NCc2ccccc21)c1ccccn1. The summed E-state index contributed by atoms with van der Waals surface area (Å²) in [4.78, 5) is 28.2. The first-order valence-corrected chi connectivity index (χ1v) is 9.54. The van der Waals surface area contributed by atoms with Crippen LogP contribution in [0.2, 0.25) is 0 Å². The molecule has 1 aliphatic heterocycles. The van der Waals surface area contributed by atoms with Crippen LogP contribution in [0.5, 0.6) is 0 Å². The number of unbranched alkanes of at least 4 members (excludes halogenated alkanes) is 3. The van der Waals surface area contributed by atoms with Crippen LogP contribution in [0.1, 0.15) is 53.3 Å². The Morgan fingerprint density at radius 1 is 0.963 bits per heavy atom. The molecule has 2 amide bonds. The summed E-state index contributed by atoms with van der Waals surface area (Å²) >= 11 is 0. The van der Waals surface area contributed by atoms with Gasteiger partial charge in [0.25, 0.3) is 5.91 Å². The Bertz CT molecular complexity index is 764. The van der Waals surface area contributed by atoms with E-state index in [4.69, 9.17) is 0 Å². The topological polar surface area (TPSA) is 83.1 Å². The molecule has 2 heterocycles. The molecule has 1 unspecified atom stereocenters. The number of hydrogen-bond acceptors (Lipinski definition) is 4. The van der Waals surface area contributed by atoms with Gasteiger partial charge in [-0.3, -0.25) is 19.9 Å². The van der Waals surface area contributed by atoms with Gasteiger partial charge in [-0.2, -0.15) is 0 Å². The van der Waals surface area contributed by atoms with Crippen molar-refractivity contribution in [2.45, 2.75) is 38.3 Å². The fourth-order valence-electron chi connectivity index (χ4n) is 3.24. The van der Waals surface area contributed by atoms with Crippen LogP contribution < -0.4 is 16.0 Å². The van der Waals surface area contributed by atoms with E-state index in [-0.39, 0.29) is 17.9 Å². The Balaban J connectivity index is 1.24. The summed E-state index contributed by atoms with van der Waals surface area (Å²) in [6, 6.07) is 13.1. The highest BCUT2D eigenvalue weighted by molar-refractivity contribution is 5.92. The summed E-state index contributed by atoms with van der Waals surface area (Å²) in [5, 5.41) is 9.15. The minimum absolute atomic E-state index is 0.0441. The zero-order chi connectivity index (χ0) is 18.9. The predicted octanol–water partition coefficient (Wildman–Crippen LogP) is 2.33. The zero-order valence-electron chi connectivity index (χ0n) is 15.4. The number of benzene rings is 1. The number of pyridine rings is 1. The molecule has 0 fully saturated rings. The van der Waals surface area contributed by atoms with Crippen molar-refractivity contribution in [3.8, 4) is 0 Å². The Kier molecular flexibility index (Phi) is 6.93. The van der Waals surface area contributed by atoms with Crippen molar-refractivity contribution in [2.75, 3.05) is 13.1 Å². The lowest BCUT2D eigenvalue weighted by Crippen LogP contribution is -2.34. The quantitative estimate of drug-likeness (QED) is 0.595. The molecule has 6 heteroatoms. The highest BCUT2D eigenvalue weighted by Gasteiger charge is 2.27. The third-order valence-electron chi connectivity index (χ3n) is 4.71. The van der Waals surface area contributed by atoms with Gasteiger partial charge in [0.2, 0.25) is 5.91 Å². The van der Waals surface area contributed by atoms with E-state index in [0.717, 1.165) is 37.8 Å². The highest BCUT2D eigenvalue weighted by atomic mass is 16.2. The Labute approximate surface area is 159 Å². The number of hydrogen-bond donors (Lipinski definition) is 3. The van der Waals surface area contributed by atoms with Crippen LogP contribution in [0.15, 0.2) is 48.7 Å². The lowest BCUT2D eigenvalue weighted by molar-refractivity contribution is -0.123. The second-order valence-electron chi connectivity index (χ2n) is 6.69. The fourth-order valence-corrected chi connectivity index (χ4v) is 3.24. The van der Waals surface area contributed by atoms with Crippen molar-refractivity contribution >= 4 is 11.8 Å².